The first-order chi connectivity index (χ1) is 8.67. The van der Waals surface area contributed by atoms with E-state index in [0.29, 0.717) is 19.7 Å². The second-order valence-electron chi connectivity index (χ2n) is 4.29. The number of nitrogens with zero attached hydrogens (tertiary/aromatic N) is 1. The van der Waals surface area contributed by atoms with Crippen LogP contribution in [0, 0.1) is 24.7 Å². The molecule has 0 radical (unpaired) electrons. The number of hydrogen-bond acceptors (Lipinski definition) is 2. The van der Waals surface area contributed by atoms with Crippen LogP contribution in [0.5, 0.6) is 0 Å². The van der Waals surface area contributed by atoms with Crippen LogP contribution in [-0.2, 0) is 11.3 Å². The van der Waals surface area contributed by atoms with Gasteiger partial charge >= 0.3 is 0 Å². The number of terminal acetylenes is 2. The van der Waals surface area contributed by atoms with Gasteiger partial charge in [-0.15, -0.1) is 12.8 Å². The minimum absolute atomic E-state index is 0.240. The van der Waals surface area contributed by atoms with Gasteiger partial charge in [0.25, 0.3) is 0 Å². The summed E-state index contributed by atoms with van der Waals surface area (Å²) in [5.41, 5.74) is 2.19. The minimum Gasteiger partial charge on any atom is -0.374 e. The molecular formula is C16H19NO. The van der Waals surface area contributed by atoms with Gasteiger partial charge < -0.3 is 9.64 Å². The Labute approximate surface area is 110 Å². The third-order valence-electron chi connectivity index (χ3n) is 2.45. The molecule has 1 rings (SSSR count). The molecule has 0 aromatic heterocycles. The van der Waals surface area contributed by atoms with Gasteiger partial charge in [0.2, 0.25) is 0 Å². The summed E-state index contributed by atoms with van der Waals surface area (Å²) >= 11 is 0. The van der Waals surface area contributed by atoms with E-state index in [1.807, 2.05) is 43.0 Å². The van der Waals surface area contributed by atoms with Crippen LogP contribution in [-0.4, -0.2) is 19.2 Å². The fourth-order valence-electron chi connectivity index (χ4n) is 1.52. The Morgan fingerprint density at radius 1 is 1.11 bits per heavy atom. The van der Waals surface area contributed by atoms with Gasteiger partial charge in [0, 0.05) is 5.69 Å². The van der Waals surface area contributed by atoms with Crippen LogP contribution in [0.2, 0.25) is 0 Å². The largest absolute Gasteiger partial charge is 0.374 e. The van der Waals surface area contributed by atoms with Crippen LogP contribution in [0.15, 0.2) is 24.3 Å². The molecule has 0 bridgehead atoms. The summed E-state index contributed by atoms with van der Waals surface area (Å²) in [7, 11) is 0. The molecule has 0 spiro atoms. The number of ether oxygens (including phenoxy) is 1. The van der Waals surface area contributed by atoms with Crippen LogP contribution in [0.1, 0.15) is 19.4 Å². The zero-order valence-electron chi connectivity index (χ0n) is 11.0. The Bertz CT molecular complexity index is 418. The fraction of sp³-hybridized carbons (Fsp3) is 0.375. The average Bonchev–Trinajstić information content (AvgIpc) is 2.37. The first-order valence-electron chi connectivity index (χ1n) is 5.99. The lowest BCUT2D eigenvalue weighted by atomic mass is 10.2. The third kappa shape index (κ3) is 4.53. The molecule has 0 saturated heterocycles. The molecule has 2 nitrogen and oxygen atoms in total. The van der Waals surface area contributed by atoms with Gasteiger partial charge in [-0.1, -0.05) is 24.0 Å². The molecule has 0 saturated carbocycles. The second-order valence-corrected chi connectivity index (χ2v) is 4.29. The predicted octanol–water partition coefficient (Wildman–Crippen LogP) is 2.68. The van der Waals surface area contributed by atoms with E-state index in [4.69, 9.17) is 17.6 Å². The summed E-state index contributed by atoms with van der Waals surface area (Å²) in [5.74, 6) is 5.22. The molecule has 0 atom stereocenters. The van der Waals surface area contributed by atoms with E-state index in [9.17, 15) is 0 Å². The highest BCUT2D eigenvalue weighted by Gasteiger charge is 2.03. The highest BCUT2D eigenvalue weighted by atomic mass is 16.5. The first kappa shape index (κ1) is 14.2. The average molecular weight is 241 g/mol. The van der Waals surface area contributed by atoms with E-state index >= 15 is 0 Å². The number of rotatable bonds is 6. The normalized spacial score (nSPS) is 9.83. The SMILES string of the molecule is C#CCN(CC#C)c1ccc(COC(C)C)cc1. The molecule has 0 unspecified atom stereocenters. The summed E-state index contributed by atoms with van der Waals surface area (Å²) in [6.07, 6.45) is 10.9. The molecule has 2 heteroatoms. The van der Waals surface area contributed by atoms with Crippen molar-refractivity contribution in [1.82, 2.24) is 0 Å². The maximum atomic E-state index is 5.54. The van der Waals surface area contributed by atoms with Gasteiger partial charge in [-0.05, 0) is 31.5 Å². The molecule has 0 fully saturated rings. The quantitative estimate of drug-likeness (QED) is 0.710. The highest BCUT2D eigenvalue weighted by molar-refractivity contribution is 5.49. The van der Waals surface area contributed by atoms with Crippen molar-refractivity contribution >= 4 is 5.69 Å². The topological polar surface area (TPSA) is 12.5 Å². The first-order valence-corrected chi connectivity index (χ1v) is 5.99. The van der Waals surface area contributed by atoms with Crippen molar-refractivity contribution in [3.63, 3.8) is 0 Å². The monoisotopic (exact) mass is 241 g/mol. The molecule has 0 N–H and O–H groups in total. The van der Waals surface area contributed by atoms with Crippen molar-refractivity contribution < 1.29 is 4.74 Å². The van der Waals surface area contributed by atoms with Gasteiger partial charge in [0.05, 0.1) is 25.8 Å². The Balaban J connectivity index is 2.69. The van der Waals surface area contributed by atoms with Crippen molar-refractivity contribution in [1.29, 1.82) is 0 Å². The van der Waals surface area contributed by atoms with E-state index in [-0.39, 0.29) is 6.10 Å². The summed E-state index contributed by atoms with van der Waals surface area (Å²) < 4.78 is 5.54. The molecule has 1 aromatic carbocycles. The molecule has 0 aliphatic carbocycles. The van der Waals surface area contributed by atoms with Gasteiger partial charge in [-0.2, -0.15) is 0 Å². The number of hydrogen-bond donors (Lipinski definition) is 0. The lowest BCUT2D eigenvalue weighted by Crippen LogP contribution is -2.23. The smallest absolute Gasteiger partial charge is 0.0801 e. The zero-order valence-corrected chi connectivity index (χ0v) is 11.0. The van der Waals surface area contributed by atoms with Crippen LogP contribution in [0.25, 0.3) is 0 Å². The molecular weight excluding hydrogens is 222 g/mol. The third-order valence-corrected chi connectivity index (χ3v) is 2.45. The van der Waals surface area contributed by atoms with Gasteiger partial charge in [0.1, 0.15) is 0 Å². The number of benzene rings is 1. The maximum absolute atomic E-state index is 5.54. The minimum atomic E-state index is 0.240. The molecule has 0 aliphatic rings. The van der Waals surface area contributed by atoms with Crippen molar-refractivity contribution in [3.05, 3.63) is 29.8 Å². The Morgan fingerprint density at radius 2 is 1.67 bits per heavy atom. The molecule has 1 aromatic rings. The van der Waals surface area contributed by atoms with Crippen LogP contribution in [0.4, 0.5) is 5.69 Å². The zero-order chi connectivity index (χ0) is 13.4. The van der Waals surface area contributed by atoms with Crippen molar-refractivity contribution in [3.8, 4) is 24.7 Å². The summed E-state index contributed by atoms with van der Waals surface area (Å²) in [6.45, 7) is 5.71. The van der Waals surface area contributed by atoms with Gasteiger partial charge in [0.15, 0.2) is 0 Å². The van der Waals surface area contributed by atoms with E-state index in [1.165, 1.54) is 0 Å². The van der Waals surface area contributed by atoms with Crippen LogP contribution in [0.3, 0.4) is 0 Å². The number of anilines is 1. The van der Waals surface area contributed by atoms with E-state index in [0.717, 1.165) is 11.3 Å². The standard InChI is InChI=1S/C16H19NO/c1-5-11-17(12-6-2)16-9-7-15(8-10-16)13-18-14(3)4/h1-2,7-10,14H,11-13H2,3-4H3. The molecule has 94 valence electrons. The van der Waals surface area contributed by atoms with Crippen molar-refractivity contribution in [2.45, 2.75) is 26.6 Å². The Morgan fingerprint density at radius 3 is 2.11 bits per heavy atom. The second kappa shape index (κ2) is 7.43. The fourth-order valence-corrected chi connectivity index (χ4v) is 1.52. The van der Waals surface area contributed by atoms with Crippen molar-refractivity contribution in [2.24, 2.45) is 0 Å². The van der Waals surface area contributed by atoms with Gasteiger partial charge in [-0.25, -0.2) is 0 Å². The molecule has 0 aliphatic heterocycles. The lowest BCUT2D eigenvalue weighted by Gasteiger charge is -2.19. The summed E-state index contributed by atoms with van der Waals surface area (Å²) in [4.78, 5) is 1.98. The van der Waals surface area contributed by atoms with Crippen LogP contribution >= 0.6 is 0 Å². The van der Waals surface area contributed by atoms with Crippen molar-refractivity contribution in [2.75, 3.05) is 18.0 Å². The Hall–Kier alpha value is -1.90. The highest BCUT2D eigenvalue weighted by Crippen LogP contribution is 2.15. The summed E-state index contributed by atoms with van der Waals surface area (Å²) in [6, 6.07) is 8.12. The Kier molecular flexibility index (Phi) is 5.85. The maximum Gasteiger partial charge on any atom is 0.0801 e. The van der Waals surface area contributed by atoms with Crippen LogP contribution < -0.4 is 4.90 Å². The van der Waals surface area contributed by atoms with E-state index in [2.05, 4.69) is 11.8 Å². The predicted molar refractivity (Wildman–Crippen MR) is 76.2 cm³/mol. The summed E-state index contributed by atoms with van der Waals surface area (Å²) in [5, 5.41) is 0. The van der Waals surface area contributed by atoms with E-state index in [1.54, 1.807) is 0 Å². The lowest BCUT2D eigenvalue weighted by molar-refractivity contribution is 0.0657. The van der Waals surface area contributed by atoms with E-state index < -0.39 is 0 Å². The van der Waals surface area contributed by atoms with Gasteiger partial charge in [-0.3, -0.25) is 0 Å². The molecule has 0 amide bonds. The molecule has 0 heterocycles. The molecule has 18 heavy (non-hydrogen) atoms.